The largest absolute Gasteiger partial charge is 0.452 e. The molecule has 8 nitrogen and oxygen atoms in total. The van der Waals surface area contributed by atoms with Gasteiger partial charge in [0.1, 0.15) is 5.69 Å². The lowest BCUT2D eigenvalue weighted by atomic mass is 10.1. The maximum absolute atomic E-state index is 12.2. The highest BCUT2D eigenvalue weighted by molar-refractivity contribution is 5.97. The molecule has 0 saturated heterocycles. The van der Waals surface area contributed by atoms with E-state index >= 15 is 0 Å². The van der Waals surface area contributed by atoms with E-state index in [1.165, 1.54) is 23.1 Å². The molecule has 140 valence electrons. The van der Waals surface area contributed by atoms with Gasteiger partial charge in [-0.15, -0.1) is 0 Å². The summed E-state index contributed by atoms with van der Waals surface area (Å²) in [5, 5.41) is 14.3. The first-order chi connectivity index (χ1) is 13.0. The number of rotatable bonds is 7. The number of hydrogen-bond acceptors (Lipinski definition) is 6. The molecule has 0 radical (unpaired) electrons. The minimum atomic E-state index is -0.786. The Morgan fingerprint density at radius 2 is 1.93 bits per heavy atom. The van der Waals surface area contributed by atoms with Crippen molar-refractivity contribution in [2.75, 3.05) is 23.9 Å². The predicted molar refractivity (Wildman–Crippen MR) is 99.9 cm³/mol. The third kappa shape index (κ3) is 4.60. The molecule has 27 heavy (non-hydrogen) atoms. The zero-order valence-corrected chi connectivity index (χ0v) is 14.8. The Balaban J connectivity index is 1.64. The maximum Gasteiger partial charge on any atom is 0.338 e. The summed E-state index contributed by atoms with van der Waals surface area (Å²) in [4.78, 5) is 36.5. The Labute approximate surface area is 155 Å². The normalized spacial score (nSPS) is 12.9. The van der Waals surface area contributed by atoms with Crippen molar-refractivity contribution >= 4 is 28.9 Å². The first-order valence-corrected chi connectivity index (χ1v) is 8.49. The van der Waals surface area contributed by atoms with Crippen molar-refractivity contribution in [2.24, 2.45) is 0 Å². The molecular formula is C19H19N3O5. The van der Waals surface area contributed by atoms with Gasteiger partial charge in [0, 0.05) is 24.8 Å². The van der Waals surface area contributed by atoms with Crippen molar-refractivity contribution < 1.29 is 19.2 Å². The molecule has 8 heteroatoms. The first-order valence-electron chi connectivity index (χ1n) is 8.49. The Morgan fingerprint density at radius 3 is 2.56 bits per heavy atom. The van der Waals surface area contributed by atoms with E-state index in [9.17, 15) is 19.7 Å². The van der Waals surface area contributed by atoms with E-state index in [0.717, 1.165) is 12.8 Å². The number of esters is 1. The summed E-state index contributed by atoms with van der Waals surface area (Å²) < 4.78 is 5.03. The second-order valence-electron chi connectivity index (χ2n) is 6.27. The van der Waals surface area contributed by atoms with Crippen molar-refractivity contribution in [3.05, 3.63) is 64.2 Å². The van der Waals surface area contributed by atoms with Gasteiger partial charge in [0.25, 0.3) is 11.6 Å². The van der Waals surface area contributed by atoms with Crippen LogP contribution in [0.15, 0.2) is 48.5 Å². The Morgan fingerprint density at radius 1 is 1.22 bits per heavy atom. The summed E-state index contributed by atoms with van der Waals surface area (Å²) in [5.74, 6) is -1.19. The average molecular weight is 369 g/mol. The van der Waals surface area contributed by atoms with E-state index in [0.29, 0.717) is 11.4 Å². The third-order valence-corrected chi connectivity index (χ3v) is 4.21. The number of carbonyl (C=O) groups excluding carboxylic acids is 2. The molecule has 0 spiro atoms. The maximum atomic E-state index is 12.2. The minimum absolute atomic E-state index is 0.0261. The van der Waals surface area contributed by atoms with Gasteiger partial charge in [0.2, 0.25) is 0 Å². The molecule has 0 bridgehead atoms. The van der Waals surface area contributed by atoms with E-state index in [1.807, 2.05) is 6.07 Å². The number of hydrogen-bond donors (Lipinski definition) is 1. The molecule has 0 atom stereocenters. The fourth-order valence-electron chi connectivity index (χ4n) is 2.48. The first kappa shape index (κ1) is 18.4. The van der Waals surface area contributed by atoms with Crippen LogP contribution in [0.5, 0.6) is 0 Å². The second kappa shape index (κ2) is 7.86. The summed E-state index contributed by atoms with van der Waals surface area (Å²) >= 11 is 0. The van der Waals surface area contributed by atoms with Crippen LogP contribution in [0.3, 0.4) is 0 Å². The Hall–Kier alpha value is -3.42. The molecule has 1 aliphatic carbocycles. The molecule has 2 aromatic rings. The number of anilines is 2. The van der Waals surface area contributed by atoms with Gasteiger partial charge in [0.15, 0.2) is 6.61 Å². The van der Waals surface area contributed by atoms with Gasteiger partial charge < -0.3 is 15.0 Å². The summed E-state index contributed by atoms with van der Waals surface area (Å²) in [6, 6.07) is 13.3. The molecule has 2 aromatic carbocycles. The molecule has 1 aliphatic rings. The number of ether oxygens (including phenoxy) is 1. The summed E-state index contributed by atoms with van der Waals surface area (Å²) in [7, 11) is 1.58. The van der Waals surface area contributed by atoms with Crippen LogP contribution in [0.2, 0.25) is 0 Å². The lowest BCUT2D eigenvalue weighted by Gasteiger charge is -2.17. The van der Waals surface area contributed by atoms with Crippen molar-refractivity contribution in [1.29, 1.82) is 0 Å². The molecule has 1 amide bonds. The second-order valence-corrected chi connectivity index (χ2v) is 6.27. The highest BCUT2D eigenvalue weighted by Gasteiger charge is 2.26. The van der Waals surface area contributed by atoms with Crippen LogP contribution in [0.25, 0.3) is 0 Å². The molecule has 0 heterocycles. The van der Waals surface area contributed by atoms with Crippen LogP contribution < -0.4 is 10.2 Å². The van der Waals surface area contributed by atoms with E-state index in [2.05, 4.69) is 5.32 Å². The molecule has 0 aliphatic heterocycles. The van der Waals surface area contributed by atoms with Crippen LogP contribution in [0, 0.1) is 10.1 Å². The lowest BCUT2D eigenvalue weighted by molar-refractivity contribution is -0.384. The number of nitrogens with zero attached hydrogens (tertiary/aromatic N) is 2. The number of nitro benzene ring substituents is 1. The fraction of sp³-hybridized carbons (Fsp3) is 0.263. The van der Waals surface area contributed by atoms with Gasteiger partial charge >= 0.3 is 5.97 Å². The molecule has 3 rings (SSSR count). The van der Waals surface area contributed by atoms with E-state index in [4.69, 9.17) is 4.74 Å². The molecule has 1 fully saturated rings. The van der Waals surface area contributed by atoms with Gasteiger partial charge in [-0.3, -0.25) is 14.9 Å². The van der Waals surface area contributed by atoms with Crippen molar-refractivity contribution in [1.82, 2.24) is 0 Å². The number of carbonyl (C=O) groups is 2. The quantitative estimate of drug-likeness (QED) is 0.457. The van der Waals surface area contributed by atoms with Gasteiger partial charge in [-0.2, -0.15) is 0 Å². The number of likely N-dealkylation sites (N-methyl/N-ethyl adjacent to an activating group) is 1. The van der Waals surface area contributed by atoms with Crippen LogP contribution in [0.1, 0.15) is 23.2 Å². The monoisotopic (exact) mass is 369 g/mol. The molecule has 0 aromatic heterocycles. The van der Waals surface area contributed by atoms with E-state index in [1.54, 1.807) is 31.3 Å². The van der Waals surface area contributed by atoms with Crippen LogP contribution in [-0.4, -0.2) is 36.5 Å². The van der Waals surface area contributed by atoms with Crippen molar-refractivity contribution in [3.63, 3.8) is 0 Å². The molecule has 1 N–H and O–H groups in total. The zero-order chi connectivity index (χ0) is 19.4. The highest BCUT2D eigenvalue weighted by Crippen LogP contribution is 2.31. The Kier molecular flexibility index (Phi) is 5.35. The standard InChI is InChI=1S/C19H19N3O5/c1-21(15-5-3-2-4-6-15)18(23)12-27-19(24)13-7-10-16(20-14-8-9-14)17(11-13)22(25)26/h2-7,10-11,14,20H,8-9,12H2,1H3. The number of amides is 1. The zero-order valence-electron chi connectivity index (χ0n) is 14.8. The van der Waals surface area contributed by atoms with Crippen molar-refractivity contribution in [3.8, 4) is 0 Å². The number of para-hydroxylation sites is 1. The summed E-state index contributed by atoms with van der Waals surface area (Å²) in [5.41, 5.74) is 0.880. The van der Waals surface area contributed by atoms with E-state index in [-0.39, 0.29) is 17.3 Å². The van der Waals surface area contributed by atoms with Crippen LogP contribution >= 0.6 is 0 Å². The van der Waals surface area contributed by atoms with Crippen LogP contribution in [0.4, 0.5) is 17.1 Å². The lowest BCUT2D eigenvalue weighted by Crippen LogP contribution is -2.31. The van der Waals surface area contributed by atoms with Gasteiger partial charge in [-0.25, -0.2) is 4.79 Å². The SMILES string of the molecule is CN(C(=O)COC(=O)c1ccc(NC2CC2)c([N+](=O)[O-])c1)c1ccccc1. The third-order valence-electron chi connectivity index (χ3n) is 4.21. The van der Waals surface area contributed by atoms with Crippen molar-refractivity contribution in [2.45, 2.75) is 18.9 Å². The summed E-state index contributed by atoms with van der Waals surface area (Å²) in [6.07, 6.45) is 1.94. The highest BCUT2D eigenvalue weighted by atomic mass is 16.6. The fourth-order valence-corrected chi connectivity index (χ4v) is 2.48. The molecule has 1 saturated carbocycles. The molecular weight excluding hydrogens is 350 g/mol. The number of nitrogens with one attached hydrogen (secondary N) is 1. The van der Waals surface area contributed by atoms with Gasteiger partial charge in [-0.1, -0.05) is 18.2 Å². The van der Waals surface area contributed by atoms with Gasteiger partial charge in [-0.05, 0) is 37.1 Å². The molecule has 0 unspecified atom stereocenters. The average Bonchev–Trinajstić information content (AvgIpc) is 3.50. The topological polar surface area (TPSA) is 102 Å². The number of benzene rings is 2. The van der Waals surface area contributed by atoms with E-state index < -0.39 is 23.4 Å². The predicted octanol–water partition coefficient (Wildman–Crippen LogP) is 2.99. The minimum Gasteiger partial charge on any atom is -0.452 e. The number of nitro groups is 1. The summed E-state index contributed by atoms with van der Waals surface area (Å²) in [6.45, 7) is -0.458. The van der Waals surface area contributed by atoms with Gasteiger partial charge in [0.05, 0.1) is 10.5 Å². The van der Waals surface area contributed by atoms with Crippen LogP contribution in [-0.2, 0) is 9.53 Å². The Bertz CT molecular complexity index is 865. The smallest absolute Gasteiger partial charge is 0.338 e.